The predicted molar refractivity (Wildman–Crippen MR) is 59.7 cm³/mol. The molecule has 1 saturated heterocycles. The fourth-order valence-corrected chi connectivity index (χ4v) is 3.06. The summed E-state index contributed by atoms with van der Waals surface area (Å²) in [5, 5.41) is 1.14. The molecule has 2 rings (SSSR count). The van der Waals surface area contributed by atoms with E-state index >= 15 is 0 Å². The zero-order valence-corrected chi connectivity index (χ0v) is 11.0. The van der Waals surface area contributed by atoms with Gasteiger partial charge in [0.1, 0.15) is 0 Å². The van der Waals surface area contributed by atoms with Crippen LogP contribution in [-0.4, -0.2) is 36.7 Å². The first-order chi connectivity index (χ1) is 7.73. The van der Waals surface area contributed by atoms with Crippen LogP contribution in [0.25, 0.3) is 0 Å². The average Bonchev–Trinajstić information content (AvgIpc) is 2.57. The highest BCUT2D eigenvalue weighted by Crippen LogP contribution is 2.65. The number of likely N-dealkylation sites (N-methyl/N-ethyl adjacent to an activating group) is 1. The summed E-state index contributed by atoms with van der Waals surface area (Å²) >= 11 is 0. The molecule has 2 fully saturated rings. The van der Waals surface area contributed by atoms with Gasteiger partial charge in [-0.2, -0.15) is 0 Å². The number of carbonyl (C=O) groups is 2. The molecule has 0 aromatic carbocycles. The molecule has 17 heavy (non-hydrogen) atoms. The molecule has 2 atom stereocenters. The highest BCUT2D eigenvalue weighted by molar-refractivity contribution is 5.95. The summed E-state index contributed by atoms with van der Waals surface area (Å²) in [7, 11) is 2.96. The van der Waals surface area contributed by atoms with Gasteiger partial charge in [-0.3, -0.25) is 14.4 Å². The van der Waals surface area contributed by atoms with E-state index in [1.165, 1.54) is 14.2 Å². The Morgan fingerprint density at radius 2 is 1.94 bits per heavy atom. The second kappa shape index (κ2) is 3.22. The normalized spacial score (nSPS) is 38.1. The number of hydrogen-bond donors (Lipinski definition) is 0. The Bertz CT molecular complexity index is 392. The molecule has 1 saturated carbocycles. The topological polar surface area (TPSA) is 55.8 Å². The maximum Gasteiger partial charge on any atom is 0.313 e. The van der Waals surface area contributed by atoms with Crippen LogP contribution in [0.1, 0.15) is 33.6 Å². The van der Waals surface area contributed by atoms with Crippen molar-refractivity contribution in [3.63, 3.8) is 0 Å². The number of hydroxylamine groups is 2. The van der Waals surface area contributed by atoms with Crippen molar-refractivity contribution in [2.75, 3.05) is 14.2 Å². The first kappa shape index (κ1) is 12.4. The van der Waals surface area contributed by atoms with Gasteiger partial charge in [0.25, 0.3) is 5.91 Å². The Labute approximate surface area is 101 Å². The Morgan fingerprint density at radius 3 is 2.29 bits per heavy atom. The number of amides is 1. The Hall–Kier alpha value is -1.10. The molecule has 2 aliphatic rings. The summed E-state index contributed by atoms with van der Waals surface area (Å²) in [6, 6.07) is 0. The van der Waals surface area contributed by atoms with Crippen LogP contribution in [0.4, 0.5) is 0 Å². The molecule has 0 N–H and O–H groups in total. The maximum atomic E-state index is 12.4. The number of esters is 1. The number of rotatable bonds is 2. The highest BCUT2D eigenvalue weighted by Gasteiger charge is 2.76. The summed E-state index contributed by atoms with van der Waals surface area (Å²) in [5.41, 5.74) is -2.15. The third-order valence-electron chi connectivity index (χ3n) is 4.99. The maximum absolute atomic E-state index is 12.4. The van der Waals surface area contributed by atoms with Gasteiger partial charge in [0.05, 0.1) is 12.5 Å². The molecule has 1 aliphatic carbocycles. The van der Waals surface area contributed by atoms with E-state index in [0.29, 0.717) is 12.8 Å². The zero-order chi connectivity index (χ0) is 13.1. The molecule has 0 spiro atoms. The van der Waals surface area contributed by atoms with Crippen LogP contribution in [0.5, 0.6) is 0 Å². The molecule has 5 nitrogen and oxygen atoms in total. The lowest BCUT2D eigenvalue weighted by molar-refractivity contribution is -0.199. The van der Waals surface area contributed by atoms with Crippen LogP contribution in [-0.2, 0) is 19.2 Å². The van der Waals surface area contributed by atoms with Gasteiger partial charge in [-0.25, -0.2) is 5.06 Å². The van der Waals surface area contributed by atoms with Crippen molar-refractivity contribution in [3.05, 3.63) is 0 Å². The van der Waals surface area contributed by atoms with Gasteiger partial charge in [0.15, 0.2) is 5.60 Å². The molecular formula is C12H19NO4. The minimum absolute atomic E-state index is 0.272. The Balaban J connectivity index is 2.47. The number of hydrogen-bond acceptors (Lipinski definition) is 4. The van der Waals surface area contributed by atoms with E-state index < -0.39 is 16.4 Å². The molecule has 1 amide bonds. The smallest absolute Gasteiger partial charge is 0.313 e. The minimum Gasteiger partial charge on any atom is -0.448 e. The van der Waals surface area contributed by atoms with Crippen LogP contribution < -0.4 is 0 Å². The molecule has 1 heterocycles. The van der Waals surface area contributed by atoms with Gasteiger partial charge in [-0.15, -0.1) is 0 Å². The molecule has 1 aliphatic heterocycles. The SMILES string of the molecule is CON(C)C(=O)C12CCC(C)(C(=O)O1)C2(C)C. The monoisotopic (exact) mass is 241 g/mol. The molecule has 0 radical (unpaired) electrons. The predicted octanol–water partition coefficient (Wildman–Crippen LogP) is 1.13. The van der Waals surface area contributed by atoms with E-state index in [0.717, 1.165) is 5.06 Å². The number of nitrogens with zero attached hydrogens (tertiary/aromatic N) is 1. The lowest BCUT2D eigenvalue weighted by atomic mass is 9.66. The number of carbonyl (C=O) groups excluding carboxylic acids is 2. The summed E-state index contributed by atoms with van der Waals surface area (Å²) in [6.45, 7) is 5.72. The van der Waals surface area contributed by atoms with E-state index in [2.05, 4.69) is 0 Å². The summed E-state index contributed by atoms with van der Waals surface area (Å²) in [6.07, 6.45) is 1.25. The molecule has 2 bridgehead atoms. The highest BCUT2D eigenvalue weighted by atomic mass is 16.7. The third kappa shape index (κ3) is 1.13. The molecule has 96 valence electrons. The van der Waals surface area contributed by atoms with E-state index in [-0.39, 0.29) is 11.9 Å². The second-order valence-electron chi connectivity index (χ2n) is 5.66. The van der Waals surface area contributed by atoms with Gasteiger partial charge in [-0.1, -0.05) is 13.8 Å². The summed E-state index contributed by atoms with van der Waals surface area (Å²) in [4.78, 5) is 29.3. The molecule has 0 aromatic rings. The standard InChI is InChI=1S/C12H19NO4/c1-10(2)11(3)6-7-12(10,17-9(11)15)8(14)13(4)16-5/h6-7H2,1-5H3. The first-order valence-corrected chi connectivity index (χ1v) is 5.79. The van der Waals surface area contributed by atoms with Crippen molar-refractivity contribution in [3.8, 4) is 0 Å². The molecular weight excluding hydrogens is 222 g/mol. The van der Waals surface area contributed by atoms with Crippen molar-refractivity contribution in [1.82, 2.24) is 5.06 Å². The van der Waals surface area contributed by atoms with Gasteiger partial charge in [0.2, 0.25) is 0 Å². The lowest BCUT2D eigenvalue weighted by Gasteiger charge is -2.37. The van der Waals surface area contributed by atoms with Gasteiger partial charge < -0.3 is 4.74 Å². The first-order valence-electron chi connectivity index (χ1n) is 5.79. The van der Waals surface area contributed by atoms with E-state index in [1.54, 1.807) is 0 Å². The van der Waals surface area contributed by atoms with Crippen LogP contribution in [0.2, 0.25) is 0 Å². The lowest BCUT2D eigenvalue weighted by Crippen LogP contribution is -2.53. The van der Waals surface area contributed by atoms with E-state index in [9.17, 15) is 9.59 Å². The van der Waals surface area contributed by atoms with Crippen LogP contribution in [0.3, 0.4) is 0 Å². The Morgan fingerprint density at radius 1 is 1.35 bits per heavy atom. The van der Waals surface area contributed by atoms with Crippen molar-refractivity contribution in [2.24, 2.45) is 10.8 Å². The quantitative estimate of drug-likeness (QED) is 0.537. The zero-order valence-electron chi connectivity index (χ0n) is 11.0. The average molecular weight is 241 g/mol. The van der Waals surface area contributed by atoms with E-state index in [1.807, 2.05) is 20.8 Å². The van der Waals surface area contributed by atoms with Crippen molar-refractivity contribution < 1.29 is 19.2 Å². The second-order valence-corrected chi connectivity index (χ2v) is 5.66. The van der Waals surface area contributed by atoms with Gasteiger partial charge >= 0.3 is 5.97 Å². The molecule has 0 aromatic heterocycles. The largest absolute Gasteiger partial charge is 0.448 e. The van der Waals surface area contributed by atoms with Crippen molar-refractivity contribution >= 4 is 11.9 Å². The number of ether oxygens (including phenoxy) is 1. The minimum atomic E-state index is -1.07. The van der Waals surface area contributed by atoms with Crippen molar-refractivity contribution in [1.29, 1.82) is 0 Å². The van der Waals surface area contributed by atoms with E-state index in [4.69, 9.17) is 9.57 Å². The van der Waals surface area contributed by atoms with Gasteiger partial charge in [0, 0.05) is 12.5 Å². The van der Waals surface area contributed by atoms with Crippen LogP contribution in [0, 0.1) is 10.8 Å². The Kier molecular flexibility index (Phi) is 2.34. The summed E-state index contributed by atoms with van der Waals surface area (Å²) in [5.74, 6) is -0.550. The third-order valence-corrected chi connectivity index (χ3v) is 4.99. The molecule has 2 unspecified atom stereocenters. The van der Waals surface area contributed by atoms with Crippen LogP contribution >= 0.6 is 0 Å². The van der Waals surface area contributed by atoms with Crippen LogP contribution in [0.15, 0.2) is 0 Å². The number of fused-ring (bicyclic) bond motifs is 2. The fourth-order valence-electron chi connectivity index (χ4n) is 3.06. The van der Waals surface area contributed by atoms with Crippen molar-refractivity contribution in [2.45, 2.75) is 39.2 Å². The fraction of sp³-hybridized carbons (Fsp3) is 0.833. The van der Waals surface area contributed by atoms with Gasteiger partial charge in [-0.05, 0) is 19.8 Å². The summed E-state index contributed by atoms with van der Waals surface area (Å²) < 4.78 is 5.44. The molecule has 5 heteroatoms.